The molecule has 0 aromatic carbocycles. The molecule has 10 heavy (non-hydrogen) atoms. The lowest BCUT2D eigenvalue weighted by molar-refractivity contribution is 0.468. The van der Waals surface area contributed by atoms with Gasteiger partial charge in [0.1, 0.15) is 5.69 Å². The van der Waals surface area contributed by atoms with Gasteiger partial charge >= 0.3 is 0 Å². The van der Waals surface area contributed by atoms with E-state index in [0.717, 1.165) is 0 Å². The quantitative estimate of drug-likeness (QED) is 0.601. The Balaban J connectivity index is 3.03. The van der Waals surface area contributed by atoms with Crippen LogP contribution in [0.3, 0.4) is 0 Å². The van der Waals surface area contributed by atoms with Crippen molar-refractivity contribution < 1.29 is 5.11 Å². The third-order valence-corrected chi connectivity index (χ3v) is 1.48. The van der Waals surface area contributed by atoms with Crippen LogP contribution in [0.15, 0.2) is 6.20 Å². The lowest BCUT2D eigenvalue weighted by atomic mass is 10.3. The molecule has 0 saturated carbocycles. The van der Waals surface area contributed by atoms with Crippen LogP contribution in [-0.4, -0.2) is 14.9 Å². The summed E-state index contributed by atoms with van der Waals surface area (Å²) in [5.41, 5.74) is 0.630. The van der Waals surface area contributed by atoms with E-state index in [4.69, 9.17) is 5.11 Å². The fourth-order valence-corrected chi connectivity index (χ4v) is 0.975. The molecule has 0 amide bonds. The maximum atomic E-state index is 9.17. The molecular weight excluding hydrogens is 148 g/mol. The Labute approximate surface area is 65.1 Å². The summed E-state index contributed by atoms with van der Waals surface area (Å²) >= 11 is 4.13. The topological polar surface area (TPSA) is 38.0 Å². The number of hydrogen-bond acceptors (Lipinski definition) is 3. The third kappa shape index (κ3) is 1.26. The Morgan fingerprint density at radius 3 is 2.60 bits per heavy atom. The Morgan fingerprint density at radius 2 is 2.40 bits per heavy atom. The molecule has 1 heterocycles. The minimum absolute atomic E-state index is 0.0128. The number of nitrogens with zero attached hydrogens (tertiary/aromatic N) is 2. The van der Waals surface area contributed by atoms with Gasteiger partial charge in [-0.15, -0.1) is 0 Å². The van der Waals surface area contributed by atoms with Crippen LogP contribution in [0.2, 0.25) is 0 Å². The van der Waals surface area contributed by atoms with Crippen LogP contribution in [0.4, 0.5) is 0 Å². The number of rotatable bonds is 1. The first-order chi connectivity index (χ1) is 4.61. The molecule has 1 aromatic heterocycles. The molecule has 0 radical (unpaired) electrons. The number of aromatic nitrogens is 2. The predicted octanol–water partition coefficient (Wildman–Crippen LogP) is 1.12. The van der Waals surface area contributed by atoms with Crippen LogP contribution in [-0.2, 0) is 7.05 Å². The molecule has 0 aliphatic rings. The van der Waals surface area contributed by atoms with Crippen molar-refractivity contribution in [1.82, 2.24) is 9.78 Å². The maximum absolute atomic E-state index is 9.17. The molecule has 1 rings (SSSR count). The van der Waals surface area contributed by atoms with Gasteiger partial charge in [-0.25, -0.2) is 0 Å². The summed E-state index contributed by atoms with van der Waals surface area (Å²) in [6.45, 7) is 1.87. The Morgan fingerprint density at radius 1 is 1.80 bits per heavy atom. The van der Waals surface area contributed by atoms with Gasteiger partial charge in [0.2, 0.25) is 0 Å². The Kier molecular flexibility index (Phi) is 1.89. The second kappa shape index (κ2) is 2.54. The molecule has 0 bridgehead atoms. The van der Waals surface area contributed by atoms with E-state index in [1.165, 1.54) is 0 Å². The highest BCUT2D eigenvalue weighted by Gasteiger charge is 2.09. The van der Waals surface area contributed by atoms with Gasteiger partial charge in [0.25, 0.3) is 0 Å². The van der Waals surface area contributed by atoms with Crippen LogP contribution in [0, 0.1) is 0 Å². The summed E-state index contributed by atoms with van der Waals surface area (Å²) in [4.78, 5) is 0. The van der Waals surface area contributed by atoms with E-state index in [0.29, 0.717) is 5.69 Å². The van der Waals surface area contributed by atoms with E-state index < -0.39 is 0 Å². The Bertz CT molecular complexity index is 232. The number of hydrogen-bond donors (Lipinski definition) is 2. The van der Waals surface area contributed by atoms with Crippen molar-refractivity contribution in [3.8, 4) is 5.75 Å². The van der Waals surface area contributed by atoms with Crippen molar-refractivity contribution in [2.75, 3.05) is 0 Å². The zero-order chi connectivity index (χ0) is 7.72. The fourth-order valence-electron chi connectivity index (χ4n) is 0.791. The second-order valence-electron chi connectivity index (χ2n) is 2.25. The first kappa shape index (κ1) is 7.47. The summed E-state index contributed by atoms with van der Waals surface area (Å²) in [7, 11) is 1.76. The van der Waals surface area contributed by atoms with Gasteiger partial charge < -0.3 is 5.11 Å². The van der Waals surface area contributed by atoms with Gasteiger partial charge in [-0.2, -0.15) is 17.7 Å². The van der Waals surface area contributed by atoms with Crippen molar-refractivity contribution >= 4 is 12.6 Å². The fraction of sp³-hybridized carbons (Fsp3) is 0.500. The lowest BCUT2D eigenvalue weighted by Crippen LogP contribution is -1.90. The third-order valence-electron chi connectivity index (χ3n) is 1.23. The van der Waals surface area contributed by atoms with Crippen LogP contribution in [0.5, 0.6) is 5.75 Å². The van der Waals surface area contributed by atoms with Gasteiger partial charge in [0.15, 0.2) is 5.75 Å². The SMILES string of the molecule is CC(S)c1nn(C)cc1O. The lowest BCUT2D eigenvalue weighted by Gasteiger charge is -1.97. The van der Waals surface area contributed by atoms with Crippen molar-refractivity contribution in [1.29, 1.82) is 0 Å². The molecule has 0 fully saturated rings. The van der Waals surface area contributed by atoms with Crippen molar-refractivity contribution in [3.63, 3.8) is 0 Å². The molecule has 56 valence electrons. The molecule has 1 aromatic rings. The maximum Gasteiger partial charge on any atom is 0.157 e. The van der Waals surface area contributed by atoms with E-state index in [1.807, 2.05) is 6.92 Å². The normalized spacial score (nSPS) is 13.5. The van der Waals surface area contributed by atoms with Gasteiger partial charge in [-0.1, -0.05) is 0 Å². The van der Waals surface area contributed by atoms with Crippen molar-refractivity contribution in [2.24, 2.45) is 7.05 Å². The smallest absolute Gasteiger partial charge is 0.157 e. The van der Waals surface area contributed by atoms with Crippen LogP contribution in [0.25, 0.3) is 0 Å². The average Bonchev–Trinajstić information content (AvgIpc) is 2.10. The molecule has 0 spiro atoms. The predicted molar refractivity (Wildman–Crippen MR) is 42.3 cm³/mol. The highest BCUT2D eigenvalue weighted by atomic mass is 32.1. The first-order valence-electron chi connectivity index (χ1n) is 3.02. The molecule has 3 nitrogen and oxygen atoms in total. The minimum Gasteiger partial charge on any atom is -0.504 e. The van der Waals surface area contributed by atoms with E-state index >= 15 is 0 Å². The molecule has 4 heteroatoms. The molecule has 0 aliphatic carbocycles. The highest BCUT2D eigenvalue weighted by molar-refractivity contribution is 7.80. The van der Waals surface area contributed by atoms with Gasteiger partial charge in [-0.3, -0.25) is 4.68 Å². The van der Waals surface area contributed by atoms with Crippen LogP contribution in [0.1, 0.15) is 17.9 Å². The summed E-state index contributed by atoms with van der Waals surface area (Å²) in [5.74, 6) is 0.213. The molecular formula is C6H10N2OS. The zero-order valence-electron chi connectivity index (χ0n) is 5.94. The minimum atomic E-state index is -0.0128. The average molecular weight is 158 g/mol. The summed E-state index contributed by atoms with van der Waals surface area (Å²) in [6.07, 6.45) is 1.56. The summed E-state index contributed by atoms with van der Waals surface area (Å²) in [5, 5.41) is 13.2. The second-order valence-corrected chi connectivity index (χ2v) is 3.02. The highest BCUT2D eigenvalue weighted by Crippen LogP contribution is 2.25. The standard InChI is InChI=1S/C6H10N2OS/c1-4(10)6-5(9)3-8(2)7-6/h3-4,9-10H,1-2H3. The Hall–Kier alpha value is -0.640. The molecule has 0 saturated heterocycles. The number of thiol groups is 1. The van der Waals surface area contributed by atoms with Crippen molar-refractivity contribution in [2.45, 2.75) is 12.2 Å². The largest absolute Gasteiger partial charge is 0.504 e. The summed E-state index contributed by atoms with van der Waals surface area (Å²) in [6, 6.07) is 0. The van der Waals surface area contributed by atoms with Gasteiger partial charge in [0, 0.05) is 12.3 Å². The van der Waals surface area contributed by atoms with E-state index in [2.05, 4.69) is 17.7 Å². The monoisotopic (exact) mass is 158 g/mol. The van der Waals surface area contributed by atoms with Crippen LogP contribution < -0.4 is 0 Å². The van der Waals surface area contributed by atoms with Crippen LogP contribution >= 0.6 is 12.6 Å². The van der Waals surface area contributed by atoms with Gasteiger partial charge in [0.05, 0.1) is 6.20 Å². The van der Waals surface area contributed by atoms with E-state index in [1.54, 1.807) is 17.9 Å². The first-order valence-corrected chi connectivity index (χ1v) is 3.53. The number of aromatic hydroxyl groups is 1. The molecule has 1 N–H and O–H groups in total. The number of aryl methyl sites for hydroxylation is 1. The van der Waals surface area contributed by atoms with E-state index in [-0.39, 0.29) is 11.0 Å². The molecule has 0 aliphatic heterocycles. The molecule has 1 unspecified atom stereocenters. The van der Waals surface area contributed by atoms with Crippen molar-refractivity contribution in [3.05, 3.63) is 11.9 Å². The summed E-state index contributed by atoms with van der Waals surface area (Å²) < 4.78 is 1.57. The molecule has 1 atom stereocenters. The van der Waals surface area contributed by atoms with Gasteiger partial charge in [-0.05, 0) is 6.92 Å². The zero-order valence-corrected chi connectivity index (χ0v) is 6.84. The van der Waals surface area contributed by atoms with E-state index in [9.17, 15) is 0 Å².